The molecule has 0 fully saturated rings. The van der Waals surface area contributed by atoms with Crippen LogP contribution in [0, 0.1) is 6.92 Å². The first kappa shape index (κ1) is 23.3. The van der Waals surface area contributed by atoms with Gasteiger partial charge in [0.25, 0.3) is 5.91 Å². The zero-order valence-electron chi connectivity index (χ0n) is 18.5. The van der Waals surface area contributed by atoms with Crippen molar-refractivity contribution in [2.75, 3.05) is 18.5 Å². The summed E-state index contributed by atoms with van der Waals surface area (Å²) in [6, 6.07) is 16.8. The van der Waals surface area contributed by atoms with Gasteiger partial charge in [-0.05, 0) is 67.8 Å². The van der Waals surface area contributed by atoms with Crippen LogP contribution in [-0.2, 0) is 11.2 Å². The number of allylic oxidation sites excluding steroid dienone is 1. The van der Waals surface area contributed by atoms with Crippen molar-refractivity contribution in [1.82, 2.24) is 0 Å². The minimum Gasteiger partial charge on any atom is -0.490 e. The van der Waals surface area contributed by atoms with Gasteiger partial charge in [-0.2, -0.15) is 0 Å². The first-order chi connectivity index (χ1) is 15.5. The number of hydrogen-bond acceptors (Lipinski definition) is 5. The van der Waals surface area contributed by atoms with E-state index in [2.05, 4.69) is 12.2 Å². The van der Waals surface area contributed by atoms with Gasteiger partial charge in [-0.1, -0.05) is 37.3 Å². The molecule has 0 saturated heterocycles. The number of nitrogens with one attached hydrogen (secondary N) is 1. The van der Waals surface area contributed by atoms with Gasteiger partial charge in [0.15, 0.2) is 23.9 Å². The van der Waals surface area contributed by atoms with E-state index in [4.69, 9.17) is 9.47 Å². The fourth-order valence-electron chi connectivity index (χ4n) is 3.01. The van der Waals surface area contributed by atoms with Crippen LogP contribution in [0.4, 0.5) is 5.69 Å². The van der Waals surface area contributed by atoms with Gasteiger partial charge in [0.1, 0.15) is 0 Å². The Balaban J connectivity index is 1.65. The van der Waals surface area contributed by atoms with Crippen LogP contribution in [-0.4, -0.2) is 24.9 Å². The number of amides is 1. The van der Waals surface area contributed by atoms with Crippen LogP contribution < -0.4 is 14.8 Å². The summed E-state index contributed by atoms with van der Waals surface area (Å²) in [5.41, 5.74) is 2.55. The smallest absolute Gasteiger partial charge is 0.262 e. The van der Waals surface area contributed by atoms with Gasteiger partial charge in [-0.25, -0.2) is 0 Å². The lowest BCUT2D eigenvalue weighted by Crippen LogP contribution is -2.20. The number of ether oxygens (including phenoxy) is 2. The molecule has 3 aromatic rings. The second-order valence-corrected chi connectivity index (χ2v) is 8.28. The third-order valence-electron chi connectivity index (χ3n) is 4.73. The van der Waals surface area contributed by atoms with Crippen LogP contribution in [0.5, 0.6) is 11.5 Å². The highest BCUT2D eigenvalue weighted by molar-refractivity contribution is 7.14. The quantitative estimate of drug-likeness (QED) is 0.308. The molecule has 0 saturated carbocycles. The molecule has 5 nitrogen and oxygen atoms in total. The molecule has 1 amide bonds. The molecule has 0 unspecified atom stereocenters. The molecule has 1 aromatic heterocycles. The molecule has 1 N–H and O–H groups in total. The van der Waals surface area contributed by atoms with Crippen molar-refractivity contribution in [2.45, 2.75) is 27.2 Å². The van der Waals surface area contributed by atoms with Crippen molar-refractivity contribution in [2.24, 2.45) is 0 Å². The van der Waals surface area contributed by atoms with Crippen LogP contribution in [0.25, 0.3) is 6.08 Å². The predicted octanol–water partition coefficient (Wildman–Crippen LogP) is 5.93. The molecule has 0 bridgehead atoms. The normalized spacial score (nSPS) is 10.8. The number of rotatable bonds is 10. The SMILES string of the molecule is CCOc1cc(/C=C/C(=O)c2ccc(CC)s2)ccc1OCC(=O)Nc1ccccc1C. The molecule has 32 heavy (non-hydrogen) atoms. The molecule has 0 atom stereocenters. The molecule has 3 rings (SSSR count). The summed E-state index contributed by atoms with van der Waals surface area (Å²) in [7, 11) is 0. The maximum absolute atomic E-state index is 12.4. The van der Waals surface area contributed by atoms with Crippen molar-refractivity contribution in [3.63, 3.8) is 0 Å². The van der Waals surface area contributed by atoms with E-state index in [9.17, 15) is 9.59 Å². The molecular weight excluding hydrogens is 422 g/mol. The van der Waals surface area contributed by atoms with Gasteiger partial charge in [-0.15, -0.1) is 11.3 Å². The first-order valence-electron chi connectivity index (χ1n) is 10.6. The standard InChI is InChI=1S/C26H27NO4S/c1-4-20-12-15-25(32-20)22(28)13-10-19-11-14-23(24(16-19)30-5-2)31-17-26(29)27-21-9-7-6-8-18(21)3/h6-16H,4-5,17H2,1-3H3,(H,27,29)/b13-10+. The van der Waals surface area contributed by atoms with E-state index in [1.807, 2.05) is 56.3 Å². The first-order valence-corrected chi connectivity index (χ1v) is 11.4. The van der Waals surface area contributed by atoms with E-state index in [-0.39, 0.29) is 18.3 Å². The van der Waals surface area contributed by atoms with Gasteiger partial charge in [0.05, 0.1) is 11.5 Å². The van der Waals surface area contributed by atoms with Crippen molar-refractivity contribution in [3.05, 3.63) is 81.6 Å². The monoisotopic (exact) mass is 449 g/mol. The molecule has 0 spiro atoms. The highest BCUT2D eigenvalue weighted by atomic mass is 32.1. The summed E-state index contributed by atoms with van der Waals surface area (Å²) in [5, 5.41) is 2.85. The fraction of sp³-hybridized carbons (Fsp3) is 0.231. The van der Waals surface area contributed by atoms with Gasteiger partial charge >= 0.3 is 0 Å². The minimum atomic E-state index is -0.251. The summed E-state index contributed by atoms with van der Waals surface area (Å²) in [6.45, 7) is 6.19. The Morgan fingerprint density at radius 1 is 1.00 bits per heavy atom. The van der Waals surface area contributed by atoms with Gasteiger partial charge in [0.2, 0.25) is 0 Å². The average molecular weight is 450 g/mol. The van der Waals surface area contributed by atoms with Crippen molar-refractivity contribution < 1.29 is 19.1 Å². The number of carbonyl (C=O) groups is 2. The zero-order valence-corrected chi connectivity index (χ0v) is 19.3. The van der Waals surface area contributed by atoms with E-state index in [0.717, 1.165) is 28.1 Å². The molecule has 1 heterocycles. The molecule has 166 valence electrons. The van der Waals surface area contributed by atoms with Crippen LogP contribution in [0.15, 0.2) is 60.7 Å². The van der Waals surface area contributed by atoms with Crippen molar-refractivity contribution in [1.29, 1.82) is 0 Å². The van der Waals surface area contributed by atoms with Crippen LogP contribution in [0.2, 0.25) is 0 Å². The molecule has 0 aliphatic heterocycles. The van der Waals surface area contributed by atoms with Gasteiger partial charge < -0.3 is 14.8 Å². The summed E-state index contributed by atoms with van der Waals surface area (Å²) in [6.07, 6.45) is 4.24. The summed E-state index contributed by atoms with van der Waals surface area (Å²) in [4.78, 5) is 26.6. The van der Waals surface area contributed by atoms with Crippen LogP contribution in [0.3, 0.4) is 0 Å². The van der Waals surface area contributed by atoms with E-state index < -0.39 is 0 Å². The Kier molecular flexibility index (Phi) is 8.22. The molecule has 0 aliphatic carbocycles. The van der Waals surface area contributed by atoms with E-state index in [1.54, 1.807) is 24.3 Å². The molecule has 0 radical (unpaired) electrons. The number of para-hydroxylation sites is 1. The minimum absolute atomic E-state index is 0.0270. The summed E-state index contributed by atoms with van der Waals surface area (Å²) in [5.74, 6) is 0.718. The number of anilines is 1. The number of thiophene rings is 1. The lowest BCUT2D eigenvalue weighted by molar-refractivity contribution is -0.118. The lowest BCUT2D eigenvalue weighted by Gasteiger charge is -2.13. The molecule has 2 aromatic carbocycles. The number of benzene rings is 2. The zero-order chi connectivity index (χ0) is 22.9. The van der Waals surface area contributed by atoms with E-state index >= 15 is 0 Å². The van der Waals surface area contributed by atoms with E-state index in [1.165, 1.54) is 16.2 Å². The van der Waals surface area contributed by atoms with Gasteiger partial charge in [-0.3, -0.25) is 9.59 Å². The van der Waals surface area contributed by atoms with Gasteiger partial charge in [0, 0.05) is 10.6 Å². The predicted molar refractivity (Wildman–Crippen MR) is 130 cm³/mol. The Hall–Kier alpha value is -3.38. The fourth-order valence-corrected chi connectivity index (χ4v) is 3.88. The van der Waals surface area contributed by atoms with Crippen molar-refractivity contribution >= 4 is 34.8 Å². The Morgan fingerprint density at radius 2 is 1.81 bits per heavy atom. The average Bonchev–Trinajstić information content (AvgIpc) is 3.28. The van der Waals surface area contributed by atoms with Crippen LogP contribution in [0.1, 0.15) is 39.5 Å². The largest absolute Gasteiger partial charge is 0.490 e. The topological polar surface area (TPSA) is 64.6 Å². The highest BCUT2D eigenvalue weighted by Crippen LogP contribution is 2.29. The van der Waals surface area contributed by atoms with Crippen LogP contribution >= 0.6 is 11.3 Å². The Labute approximate surface area is 192 Å². The van der Waals surface area contributed by atoms with E-state index in [0.29, 0.717) is 18.1 Å². The van der Waals surface area contributed by atoms with Crippen molar-refractivity contribution in [3.8, 4) is 11.5 Å². The Morgan fingerprint density at radius 3 is 2.53 bits per heavy atom. The summed E-state index contributed by atoms with van der Waals surface area (Å²) < 4.78 is 11.4. The number of hydrogen-bond donors (Lipinski definition) is 1. The second-order valence-electron chi connectivity index (χ2n) is 7.11. The maximum Gasteiger partial charge on any atom is 0.262 e. The lowest BCUT2D eigenvalue weighted by atomic mass is 10.1. The number of carbonyl (C=O) groups excluding carboxylic acids is 2. The second kappa shape index (κ2) is 11.3. The number of ketones is 1. The molecule has 6 heteroatoms. The molecular formula is C26H27NO4S. The number of aryl methyl sites for hydroxylation is 2. The molecule has 0 aliphatic rings. The maximum atomic E-state index is 12.4. The third kappa shape index (κ3) is 6.31. The Bertz CT molecular complexity index is 1120. The third-order valence-corrected chi connectivity index (χ3v) is 5.97. The summed E-state index contributed by atoms with van der Waals surface area (Å²) >= 11 is 1.52. The highest BCUT2D eigenvalue weighted by Gasteiger charge is 2.11.